The summed E-state index contributed by atoms with van der Waals surface area (Å²) >= 11 is 0. The van der Waals surface area contributed by atoms with E-state index in [9.17, 15) is 9.90 Å². The molecule has 2 heterocycles. The lowest BCUT2D eigenvalue weighted by Gasteiger charge is -2.26. The topological polar surface area (TPSA) is 47.0 Å². The maximum atomic E-state index is 13.2. The molecule has 166 valence electrons. The number of likely N-dealkylation sites (N-methyl/N-ethyl adjacent to an activating group) is 1. The van der Waals surface area contributed by atoms with Gasteiger partial charge in [-0.2, -0.15) is 0 Å². The zero-order valence-corrected chi connectivity index (χ0v) is 19.1. The van der Waals surface area contributed by atoms with E-state index >= 15 is 0 Å². The summed E-state index contributed by atoms with van der Waals surface area (Å²) in [7, 11) is 2.19. The molecule has 2 aromatic carbocycles. The van der Waals surface area contributed by atoms with E-state index in [2.05, 4.69) is 41.1 Å². The normalized spacial score (nSPS) is 20.9. The van der Waals surface area contributed by atoms with Crippen LogP contribution in [0, 0.1) is 5.92 Å². The molecule has 5 heteroatoms. The summed E-state index contributed by atoms with van der Waals surface area (Å²) in [5.41, 5.74) is 3.48. The van der Waals surface area contributed by atoms with Crippen LogP contribution in [0.4, 0.5) is 11.4 Å². The number of carbonyl (C=O) groups excluding carboxylic acids is 1. The highest BCUT2D eigenvalue weighted by Crippen LogP contribution is 2.32. The zero-order chi connectivity index (χ0) is 22.0. The first-order chi connectivity index (χ1) is 14.8. The Morgan fingerprint density at radius 3 is 2.45 bits per heavy atom. The van der Waals surface area contributed by atoms with E-state index in [4.69, 9.17) is 0 Å². The third-order valence-corrected chi connectivity index (χ3v) is 6.72. The van der Waals surface area contributed by atoms with Crippen LogP contribution in [-0.2, 0) is 16.8 Å². The number of amides is 1. The smallest absolute Gasteiger partial charge is 0.230 e. The Bertz CT molecular complexity index is 904. The predicted octanol–water partition coefficient (Wildman–Crippen LogP) is 3.65. The molecule has 4 rings (SSSR count). The van der Waals surface area contributed by atoms with Crippen molar-refractivity contribution < 1.29 is 9.90 Å². The van der Waals surface area contributed by atoms with Gasteiger partial charge in [0.15, 0.2) is 0 Å². The van der Waals surface area contributed by atoms with E-state index in [-0.39, 0.29) is 11.8 Å². The third-order valence-electron chi connectivity index (χ3n) is 6.72. The van der Waals surface area contributed by atoms with Gasteiger partial charge in [-0.15, -0.1) is 0 Å². The summed E-state index contributed by atoms with van der Waals surface area (Å²) in [6.45, 7) is 8.62. The molecule has 0 radical (unpaired) electrons. The monoisotopic (exact) mass is 421 g/mol. The van der Waals surface area contributed by atoms with Gasteiger partial charge in [0.2, 0.25) is 5.91 Å². The molecular weight excluding hydrogens is 386 g/mol. The molecule has 31 heavy (non-hydrogen) atoms. The number of anilines is 2. The van der Waals surface area contributed by atoms with Crippen molar-refractivity contribution in [1.29, 1.82) is 0 Å². The Morgan fingerprint density at radius 2 is 1.71 bits per heavy atom. The highest BCUT2D eigenvalue weighted by atomic mass is 16.3. The van der Waals surface area contributed by atoms with Gasteiger partial charge in [-0.25, -0.2) is 0 Å². The minimum Gasteiger partial charge on any atom is -0.386 e. The lowest BCUT2D eigenvalue weighted by molar-refractivity contribution is -0.120. The number of carbonyl (C=O) groups is 1. The van der Waals surface area contributed by atoms with E-state index < -0.39 is 5.60 Å². The summed E-state index contributed by atoms with van der Waals surface area (Å²) in [6.07, 6.45) is 2.84. The van der Waals surface area contributed by atoms with Gasteiger partial charge >= 0.3 is 0 Å². The highest BCUT2D eigenvalue weighted by molar-refractivity contribution is 5.97. The maximum Gasteiger partial charge on any atom is 0.230 e. The number of hydrogen-bond donors (Lipinski definition) is 1. The highest BCUT2D eigenvalue weighted by Gasteiger charge is 2.33. The van der Waals surface area contributed by atoms with Gasteiger partial charge in [-0.3, -0.25) is 4.79 Å². The van der Waals surface area contributed by atoms with Crippen molar-refractivity contribution in [1.82, 2.24) is 4.90 Å². The molecule has 2 aromatic rings. The first kappa shape index (κ1) is 21.8. The van der Waals surface area contributed by atoms with Crippen LogP contribution in [0.1, 0.15) is 37.8 Å². The molecule has 2 saturated heterocycles. The van der Waals surface area contributed by atoms with Crippen molar-refractivity contribution in [3.05, 3.63) is 59.7 Å². The fourth-order valence-electron chi connectivity index (χ4n) is 4.78. The fraction of sp³-hybridized carbons (Fsp3) is 0.500. The van der Waals surface area contributed by atoms with Gasteiger partial charge in [0.25, 0.3) is 0 Å². The predicted molar refractivity (Wildman–Crippen MR) is 127 cm³/mol. The molecular formula is C26H35N3O2. The largest absolute Gasteiger partial charge is 0.386 e. The first-order valence-electron chi connectivity index (χ1n) is 11.5. The Balaban J connectivity index is 1.47. The van der Waals surface area contributed by atoms with E-state index in [0.717, 1.165) is 56.8 Å². The second kappa shape index (κ2) is 9.01. The molecule has 0 spiro atoms. The second-order valence-corrected chi connectivity index (χ2v) is 9.56. The molecule has 1 unspecified atom stereocenters. The fourth-order valence-corrected chi connectivity index (χ4v) is 4.78. The average Bonchev–Trinajstić information content (AvgIpc) is 2.96. The quantitative estimate of drug-likeness (QED) is 0.801. The number of hydrogen-bond acceptors (Lipinski definition) is 4. The summed E-state index contributed by atoms with van der Waals surface area (Å²) in [6, 6.07) is 16.4. The van der Waals surface area contributed by atoms with Gasteiger partial charge in [-0.1, -0.05) is 30.3 Å². The molecule has 1 N–H and O–H groups in total. The molecule has 2 aliphatic heterocycles. The number of aliphatic hydroxyl groups is 1. The van der Waals surface area contributed by atoms with Crippen molar-refractivity contribution >= 4 is 17.3 Å². The Kier molecular flexibility index (Phi) is 6.35. The van der Waals surface area contributed by atoms with Crippen LogP contribution < -0.4 is 9.80 Å². The molecule has 1 amide bonds. The molecule has 2 fully saturated rings. The van der Waals surface area contributed by atoms with E-state index in [0.29, 0.717) is 0 Å². The van der Waals surface area contributed by atoms with E-state index in [1.54, 1.807) is 13.8 Å². The van der Waals surface area contributed by atoms with Crippen LogP contribution in [0.2, 0.25) is 0 Å². The molecule has 0 bridgehead atoms. The van der Waals surface area contributed by atoms with E-state index in [1.165, 1.54) is 17.7 Å². The summed E-state index contributed by atoms with van der Waals surface area (Å²) < 4.78 is 0. The first-order valence-corrected chi connectivity index (χ1v) is 11.5. The van der Waals surface area contributed by atoms with Crippen LogP contribution >= 0.6 is 0 Å². The van der Waals surface area contributed by atoms with Crippen LogP contribution in [0.5, 0.6) is 0 Å². The number of benzene rings is 2. The minimum atomic E-state index is -0.873. The van der Waals surface area contributed by atoms with Crippen molar-refractivity contribution in [2.24, 2.45) is 5.92 Å². The Morgan fingerprint density at radius 1 is 0.968 bits per heavy atom. The lowest BCUT2D eigenvalue weighted by atomic mass is 9.96. The molecule has 0 aromatic heterocycles. The van der Waals surface area contributed by atoms with Crippen molar-refractivity contribution in [2.75, 3.05) is 49.6 Å². The summed E-state index contributed by atoms with van der Waals surface area (Å²) in [4.78, 5) is 20.0. The van der Waals surface area contributed by atoms with Gasteiger partial charge < -0.3 is 19.8 Å². The average molecular weight is 422 g/mol. The zero-order valence-electron chi connectivity index (χ0n) is 19.1. The lowest BCUT2D eigenvalue weighted by Crippen LogP contribution is -2.30. The van der Waals surface area contributed by atoms with Gasteiger partial charge in [-0.05, 0) is 76.0 Å². The second-order valence-electron chi connectivity index (χ2n) is 9.56. The standard InChI is InChI=1S/C26H35N3O2/c1-26(2,31)22-9-11-23(12-10-22)29-16-13-21(25(29)30)19-20-7-4-5-8-24(20)28-15-6-14-27(3)17-18-28/h4-5,7-12,21,31H,6,13-19H2,1-3H3. The molecule has 5 nitrogen and oxygen atoms in total. The van der Waals surface area contributed by atoms with E-state index in [1.807, 2.05) is 29.2 Å². The van der Waals surface area contributed by atoms with Gasteiger partial charge in [0.05, 0.1) is 5.60 Å². The number of nitrogens with zero attached hydrogens (tertiary/aromatic N) is 3. The van der Waals surface area contributed by atoms with Gasteiger partial charge in [0, 0.05) is 43.5 Å². The van der Waals surface area contributed by atoms with Crippen LogP contribution in [0.25, 0.3) is 0 Å². The molecule has 2 aliphatic rings. The van der Waals surface area contributed by atoms with Crippen LogP contribution in [0.15, 0.2) is 48.5 Å². The van der Waals surface area contributed by atoms with Crippen molar-refractivity contribution in [3.8, 4) is 0 Å². The minimum absolute atomic E-state index is 0.0183. The van der Waals surface area contributed by atoms with Crippen LogP contribution in [0.3, 0.4) is 0 Å². The SMILES string of the molecule is CN1CCCN(c2ccccc2CC2CCN(c3ccc(C(C)(C)O)cc3)C2=O)CC1. The third kappa shape index (κ3) is 4.94. The summed E-state index contributed by atoms with van der Waals surface area (Å²) in [5, 5.41) is 10.2. The van der Waals surface area contributed by atoms with Gasteiger partial charge in [0.1, 0.15) is 0 Å². The molecule has 0 aliphatic carbocycles. The van der Waals surface area contributed by atoms with Crippen molar-refractivity contribution in [3.63, 3.8) is 0 Å². The Hall–Kier alpha value is -2.37. The number of para-hydroxylation sites is 1. The summed E-state index contributed by atoms with van der Waals surface area (Å²) in [5.74, 6) is 0.228. The number of rotatable bonds is 5. The molecule has 0 saturated carbocycles. The Labute approximate surface area is 186 Å². The maximum absolute atomic E-state index is 13.2. The molecule has 1 atom stereocenters. The van der Waals surface area contributed by atoms with Crippen molar-refractivity contribution in [2.45, 2.75) is 38.7 Å². The van der Waals surface area contributed by atoms with Crippen LogP contribution in [-0.4, -0.2) is 55.7 Å².